The largest absolute Gasteiger partial charge is 0.497 e. The van der Waals surface area contributed by atoms with E-state index in [0.717, 1.165) is 38.9 Å². The van der Waals surface area contributed by atoms with E-state index in [0.29, 0.717) is 6.42 Å². The topological polar surface area (TPSA) is 55.6 Å². The van der Waals surface area contributed by atoms with Gasteiger partial charge in [-0.2, -0.15) is 0 Å². The molecule has 0 aliphatic rings. The van der Waals surface area contributed by atoms with E-state index in [4.69, 9.17) is 4.74 Å². The summed E-state index contributed by atoms with van der Waals surface area (Å²) in [6, 6.07) is 13.7. The zero-order chi connectivity index (χ0) is 19.7. The predicted octanol–water partition coefficient (Wildman–Crippen LogP) is 4.87. The number of hydrogen-bond donors (Lipinski definition) is 1. The lowest BCUT2D eigenvalue weighted by Crippen LogP contribution is -2.15. The van der Waals surface area contributed by atoms with E-state index in [2.05, 4.69) is 17.2 Å². The number of hydrogen-bond acceptors (Lipinski definition) is 4. The standard InChI is InChI=1S/C22H21N3O2S/c1-14-4-7-17(10-15(14)2)23-21(26)11-18-13-28-22-24-20(12-25(18)22)16-5-8-19(27-3)9-6-16/h4-10,12-13H,11H2,1-3H3,(H,23,26). The predicted molar refractivity (Wildman–Crippen MR) is 113 cm³/mol. The van der Waals surface area contributed by atoms with E-state index in [-0.39, 0.29) is 5.91 Å². The molecule has 2 aromatic carbocycles. The molecule has 1 amide bonds. The van der Waals surface area contributed by atoms with Gasteiger partial charge in [-0.3, -0.25) is 9.20 Å². The molecule has 4 rings (SSSR count). The van der Waals surface area contributed by atoms with Gasteiger partial charge >= 0.3 is 0 Å². The summed E-state index contributed by atoms with van der Waals surface area (Å²) in [5.41, 5.74) is 6.02. The first kappa shape index (κ1) is 18.3. The van der Waals surface area contributed by atoms with E-state index >= 15 is 0 Å². The number of carbonyl (C=O) groups excluding carboxylic acids is 1. The van der Waals surface area contributed by atoms with Crippen molar-refractivity contribution in [1.29, 1.82) is 0 Å². The molecule has 142 valence electrons. The molecule has 0 atom stereocenters. The summed E-state index contributed by atoms with van der Waals surface area (Å²) in [5.74, 6) is 0.774. The van der Waals surface area contributed by atoms with Gasteiger partial charge in [0.15, 0.2) is 4.96 Å². The molecule has 0 fully saturated rings. The normalized spacial score (nSPS) is 11.0. The van der Waals surface area contributed by atoms with Crippen molar-refractivity contribution in [3.8, 4) is 17.0 Å². The molecule has 2 heterocycles. The first-order chi connectivity index (χ1) is 13.5. The van der Waals surface area contributed by atoms with Crippen molar-refractivity contribution in [3.63, 3.8) is 0 Å². The van der Waals surface area contributed by atoms with Gasteiger partial charge in [-0.25, -0.2) is 4.98 Å². The number of thiazole rings is 1. The summed E-state index contributed by atoms with van der Waals surface area (Å²) in [6.07, 6.45) is 2.28. The van der Waals surface area contributed by atoms with Gasteiger partial charge in [-0.05, 0) is 61.4 Å². The lowest BCUT2D eigenvalue weighted by molar-refractivity contribution is -0.115. The highest BCUT2D eigenvalue weighted by Gasteiger charge is 2.13. The molecule has 0 bridgehead atoms. The smallest absolute Gasteiger partial charge is 0.230 e. The molecule has 28 heavy (non-hydrogen) atoms. The Bertz CT molecular complexity index is 1140. The molecule has 0 saturated carbocycles. The number of nitrogens with one attached hydrogen (secondary N) is 1. The van der Waals surface area contributed by atoms with E-state index in [9.17, 15) is 4.79 Å². The number of nitrogens with zero attached hydrogens (tertiary/aromatic N) is 2. The van der Waals surface area contributed by atoms with Gasteiger partial charge in [0.25, 0.3) is 0 Å². The number of aryl methyl sites for hydroxylation is 2. The van der Waals surface area contributed by atoms with Crippen LogP contribution in [0.3, 0.4) is 0 Å². The van der Waals surface area contributed by atoms with Crippen LogP contribution in [-0.2, 0) is 11.2 Å². The Hall–Kier alpha value is -3.12. The summed E-state index contributed by atoms with van der Waals surface area (Å²) in [6.45, 7) is 4.10. The molecule has 0 aliphatic carbocycles. The van der Waals surface area contributed by atoms with Gasteiger partial charge < -0.3 is 10.1 Å². The van der Waals surface area contributed by atoms with Crippen LogP contribution in [0.4, 0.5) is 5.69 Å². The zero-order valence-electron chi connectivity index (χ0n) is 16.0. The number of anilines is 1. The third-order valence-corrected chi connectivity index (χ3v) is 5.69. The Kier molecular flexibility index (Phi) is 4.88. The SMILES string of the molecule is COc1ccc(-c2cn3c(CC(=O)Nc4ccc(C)c(C)c4)csc3n2)cc1. The number of amides is 1. The molecule has 4 aromatic rings. The van der Waals surface area contributed by atoms with Crippen molar-refractivity contribution in [3.05, 3.63) is 70.9 Å². The highest BCUT2D eigenvalue weighted by atomic mass is 32.1. The number of fused-ring (bicyclic) bond motifs is 1. The fourth-order valence-electron chi connectivity index (χ4n) is 3.05. The summed E-state index contributed by atoms with van der Waals surface area (Å²) in [7, 11) is 1.65. The molecule has 0 radical (unpaired) electrons. The molecular weight excluding hydrogens is 370 g/mol. The van der Waals surface area contributed by atoms with Crippen molar-refractivity contribution in [2.75, 3.05) is 12.4 Å². The average Bonchev–Trinajstić information content (AvgIpc) is 3.27. The maximum atomic E-state index is 12.5. The van der Waals surface area contributed by atoms with Crippen molar-refractivity contribution in [2.45, 2.75) is 20.3 Å². The van der Waals surface area contributed by atoms with E-state index in [1.807, 2.05) is 65.4 Å². The third kappa shape index (κ3) is 3.64. The van der Waals surface area contributed by atoms with Crippen molar-refractivity contribution in [1.82, 2.24) is 9.38 Å². The second-order valence-electron chi connectivity index (χ2n) is 6.76. The number of methoxy groups -OCH3 is 1. The Morgan fingerprint density at radius 1 is 1.14 bits per heavy atom. The van der Waals surface area contributed by atoms with Crippen LogP contribution in [-0.4, -0.2) is 22.4 Å². The highest BCUT2D eigenvalue weighted by Crippen LogP contribution is 2.25. The van der Waals surface area contributed by atoms with E-state index in [1.165, 1.54) is 16.9 Å². The van der Waals surface area contributed by atoms with Gasteiger partial charge in [0.2, 0.25) is 5.91 Å². The lowest BCUT2D eigenvalue weighted by Gasteiger charge is -2.07. The second kappa shape index (κ2) is 7.48. The Morgan fingerprint density at radius 2 is 1.93 bits per heavy atom. The first-order valence-electron chi connectivity index (χ1n) is 9.00. The van der Waals surface area contributed by atoms with Gasteiger partial charge in [-0.1, -0.05) is 6.07 Å². The maximum absolute atomic E-state index is 12.5. The van der Waals surface area contributed by atoms with Crippen LogP contribution in [0.1, 0.15) is 16.8 Å². The molecule has 0 aliphatic heterocycles. The van der Waals surface area contributed by atoms with Crippen LogP contribution in [0.25, 0.3) is 16.2 Å². The Labute approximate surface area is 167 Å². The van der Waals surface area contributed by atoms with Crippen molar-refractivity contribution in [2.24, 2.45) is 0 Å². The quantitative estimate of drug-likeness (QED) is 0.528. The number of carbonyl (C=O) groups is 1. The van der Waals surface area contributed by atoms with Crippen molar-refractivity contribution < 1.29 is 9.53 Å². The monoisotopic (exact) mass is 391 g/mol. The van der Waals surface area contributed by atoms with Gasteiger partial charge in [0, 0.05) is 28.5 Å². The Morgan fingerprint density at radius 3 is 2.64 bits per heavy atom. The summed E-state index contributed by atoms with van der Waals surface area (Å²) >= 11 is 1.54. The highest BCUT2D eigenvalue weighted by molar-refractivity contribution is 7.15. The summed E-state index contributed by atoms with van der Waals surface area (Å²) in [4.78, 5) is 18.1. The van der Waals surface area contributed by atoms with Crippen LogP contribution < -0.4 is 10.1 Å². The molecule has 6 heteroatoms. The van der Waals surface area contributed by atoms with Crippen molar-refractivity contribution >= 4 is 27.9 Å². The number of rotatable bonds is 5. The van der Waals surface area contributed by atoms with Crippen LogP contribution in [0.5, 0.6) is 5.75 Å². The molecule has 0 saturated heterocycles. The van der Waals surface area contributed by atoms with Crippen LogP contribution in [0.2, 0.25) is 0 Å². The summed E-state index contributed by atoms with van der Waals surface area (Å²) < 4.78 is 7.20. The van der Waals surface area contributed by atoms with E-state index < -0.39 is 0 Å². The Balaban J connectivity index is 1.53. The number of imidazole rings is 1. The minimum absolute atomic E-state index is 0.0392. The first-order valence-corrected chi connectivity index (χ1v) is 9.88. The lowest BCUT2D eigenvalue weighted by atomic mass is 10.1. The molecular formula is C22H21N3O2S. The van der Waals surface area contributed by atoms with Gasteiger partial charge in [0.1, 0.15) is 5.75 Å². The molecule has 1 N–H and O–H groups in total. The van der Waals surface area contributed by atoms with E-state index in [1.54, 1.807) is 7.11 Å². The number of aromatic nitrogens is 2. The molecule has 5 nitrogen and oxygen atoms in total. The number of ether oxygens (including phenoxy) is 1. The maximum Gasteiger partial charge on any atom is 0.230 e. The van der Waals surface area contributed by atoms with Gasteiger partial charge in [0.05, 0.1) is 19.2 Å². The number of benzene rings is 2. The average molecular weight is 391 g/mol. The van der Waals surface area contributed by atoms with Crippen LogP contribution >= 0.6 is 11.3 Å². The fourth-order valence-corrected chi connectivity index (χ4v) is 3.92. The minimum atomic E-state index is -0.0392. The van der Waals surface area contributed by atoms with Gasteiger partial charge in [-0.15, -0.1) is 11.3 Å². The minimum Gasteiger partial charge on any atom is -0.497 e. The molecule has 2 aromatic heterocycles. The molecule has 0 spiro atoms. The third-order valence-electron chi connectivity index (χ3n) is 4.80. The zero-order valence-corrected chi connectivity index (χ0v) is 16.8. The van der Waals surface area contributed by atoms with Crippen LogP contribution in [0, 0.1) is 13.8 Å². The van der Waals surface area contributed by atoms with Crippen LogP contribution in [0.15, 0.2) is 54.0 Å². The second-order valence-corrected chi connectivity index (χ2v) is 7.59. The fraction of sp³-hybridized carbons (Fsp3) is 0.182. The molecule has 0 unspecified atom stereocenters. The summed E-state index contributed by atoms with van der Waals surface area (Å²) in [5, 5.41) is 4.97.